The van der Waals surface area contributed by atoms with E-state index in [4.69, 9.17) is 11.6 Å². The maximum absolute atomic E-state index is 6.02. The van der Waals surface area contributed by atoms with Crippen LogP contribution in [0.25, 0.3) is 0 Å². The molecule has 1 unspecified atom stereocenters. The van der Waals surface area contributed by atoms with Crippen LogP contribution in [0.5, 0.6) is 0 Å². The zero-order chi connectivity index (χ0) is 15.2. The molecule has 0 aliphatic rings. The van der Waals surface area contributed by atoms with E-state index < -0.39 is 0 Å². The van der Waals surface area contributed by atoms with Crippen molar-refractivity contribution in [2.75, 3.05) is 5.32 Å². The molecule has 0 aliphatic carbocycles. The van der Waals surface area contributed by atoms with Gasteiger partial charge in [-0.25, -0.2) is 0 Å². The largest absolute Gasteiger partial charge is 0.378 e. The monoisotopic (exact) mass is 307 g/mol. The first kappa shape index (κ1) is 14.7. The molecule has 1 atom stereocenters. The molecule has 0 radical (unpaired) electrons. The second kappa shape index (κ2) is 7.15. The van der Waals surface area contributed by atoms with Gasteiger partial charge in [-0.1, -0.05) is 72.3 Å². The Morgan fingerprint density at radius 2 is 1.32 bits per heavy atom. The molecule has 0 amide bonds. The van der Waals surface area contributed by atoms with E-state index >= 15 is 0 Å². The summed E-state index contributed by atoms with van der Waals surface area (Å²) in [4.78, 5) is 0. The van der Waals surface area contributed by atoms with Crippen molar-refractivity contribution >= 4 is 17.3 Å². The van der Waals surface area contributed by atoms with E-state index in [0.717, 1.165) is 17.1 Å². The summed E-state index contributed by atoms with van der Waals surface area (Å²) in [5.74, 6) is 0. The third-order valence-corrected chi connectivity index (χ3v) is 3.92. The van der Waals surface area contributed by atoms with Crippen LogP contribution in [0.1, 0.15) is 17.2 Å². The Morgan fingerprint density at radius 3 is 1.95 bits per heavy atom. The average Bonchev–Trinajstić information content (AvgIpc) is 2.57. The molecule has 1 N–H and O–H groups in total. The lowest BCUT2D eigenvalue weighted by Gasteiger charge is -2.21. The molecule has 3 aromatic rings. The van der Waals surface area contributed by atoms with Crippen molar-refractivity contribution in [3.63, 3.8) is 0 Å². The van der Waals surface area contributed by atoms with Gasteiger partial charge in [0.2, 0.25) is 0 Å². The van der Waals surface area contributed by atoms with Crippen LogP contribution in [0, 0.1) is 0 Å². The molecule has 0 saturated heterocycles. The normalized spacial score (nSPS) is 11.9. The third kappa shape index (κ3) is 3.90. The summed E-state index contributed by atoms with van der Waals surface area (Å²) < 4.78 is 0. The first-order valence-corrected chi connectivity index (χ1v) is 7.80. The maximum Gasteiger partial charge on any atom is 0.0554 e. The number of rotatable bonds is 5. The van der Waals surface area contributed by atoms with Gasteiger partial charge in [0.25, 0.3) is 0 Å². The summed E-state index contributed by atoms with van der Waals surface area (Å²) in [5.41, 5.74) is 3.67. The van der Waals surface area contributed by atoms with Crippen LogP contribution in [-0.2, 0) is 6.42 Å². The second-order valence-electron chi connectivity index (χ2n) is 5.30. The van der Waals surface area contributed by atoms with Crippen LogP contribution in [0.4, 0.5) is 5.69 Å². The molecule has 3 aromatic carbocycles. The molecule has 0 saturated carbocycles. The Kier molecular flexibility index (Phi) is 4.77. The van der Waals surface area contributed by atoms with Crippen molar-refractivity contribution in [2.45, 2.75) is 12.5 Å². The zero-order valence-corrected chi connectivity index (χ0v) is 13.0. The summed E-state index contributed by atoms with van der Waals surface area (Å²) in [6, 6.07) is 29.1. The Labute approximate surface area is 136 Å². The lowest BCUT2D eigenvalue weighted by molar-refractivity contribution is 0.775. The highest BCUT2D eigenvalue weighted by Crippen LogP contribution is 2.24. The van der Waals surface area contributed by atoms with Gasteiger partial charge in [0.05, 0.1) is 6.04 Å². The molecule has 1 nitrogen and oxygen atoms in total. The summed E-state index contributed by atoms with van der Waals surface area (Å²) in [6.07, 6.45) is 0.928. The Morgan fingerprint density at radius 1 is 0.727 bits per heavy atom. The quantitative estimate of drug-likeness (QED) is 0.634. The predicted molar refractivity (Wildman–Crippen MR) is 94.4 cm³/mol. The zero-order valence-electron chi connectivity index (χ0n) is 12.2. The summed E-state index contributed by atoms with van der Waals surface area (Å²) in [6.45, 7) is 0. The van der Waals surface area contributed by atoms with E-state index in [0.29, 0.717) is 0 Å². The van der Waals surface area contributed by atoms with Gasteiger partial charge in [-0.3, -0.25) is 0 Å². The number of halogens is 1. The molecule has 2 heteroatoms. The Hall–Kier alpha value is -2.25. The second-order valence-corrected chi connectivity index (χ2v) is 5.74. The molecule has 0 spiro atoms. The first-order valence-electron chi connectivity index (χ1n) is 7.42. The van der Waals surface area contributed by atoms with Crippen molar-refractivity contribution in [2.24, 2.45) is 0 Å². The first-order chi connectivity index (χ1) is 10.8. The van der Waals surface area contributed by atoms with Crippen LogP contribution in [0.2, 0.25) is 5.02 Å². The Balaban J connectivity index is 1.86. The van der Waals surface area contributed by atoms with E-state index in [1.54, 1.807) is 0 Å². The van der Waals surface area contributed by atoms with Gasteiger partial charge in [-0.2, -0.15) is 0 Å². The van der Waals surface area contributed by atoms with Crippen LogP contribution < -0.4 is 5.32 Å². The van der Waals surface area contributed by atoms with Crippen LogP contribution in [0.15, 0.2) is 84.9 Å². The number of hydrogen-bond donors (Lipinski definition) is 1. The summed E-state index contributed by atoms with van der Waals surface area (Å²) in [5, 5.41) is 4.39. The van der Waals surface area contributed by atoms with Crippen molar-refractivity contribution in [3.05, 3.63) is 101 Å². The van der Waals surface area contributed by atoms with E-state index in [-0.39, 0.29) is 6.04 Å². The van der Waals surface area contributed by atoms with Gasteiger partial charge in [0.1, 0.15) is 0 Å². The number of para-hydroxylation sites is 1. The van der Waals surface area contributed by atoms with Gasteiger partial charge >= 0.3 is 0 Å². The molecule has 0 aromatic heterocycles. The van der Waals surface area contributed by atoms with Crippen molar-refractivity contribution in [1.29, 1.82) is 0 Å². The number of benzene rings is 3. The summed E-state index contributed by atoms with van der Waals surface area (Å²) in [7, 11) is 0. The third-order valence-electron chi connectivity index (χ3n) is 3.67. The van der Waals surface area contributed by atoms with Crippen LogP contribution in [-0.4, -0.2) is 0 Å². The standard InChI is InChI=1S/C20H18ClN/c21-18-13-11-17(12-14-18)20(15-16-7-3-1-4-8-16)22-19-9-5-2-6-10-19/h1-14,20,22H,15H2. The highest BCUT2D eigenvalue weighted by molar-refractivity contribution is 6.30. The highest BCUT2D eigenvalue weighted by Gasteiger charge is 2.12. The minimum Gasteiger partial charge on any atom is -0.378 e. The average molecular weight is 308 g/mol. The smallest absolute Gasteiger partial charge is 0.0554 e. The minimum absolute atomic E-state index is 0.210. The van der Waals surface area contributed by atoms with Gasteiger partial charge in [0.15, 0.2) is 0 Å². The molecule has 0 aliphatic heterocycles. The molecular formula is C20H18ClN. The van der Waals surface area contributed by atoms with Crippen LogP contribution in [0.3, 0.4) is 0 Å². The fraction of sp³-hybridized carbons (Fsp3) is 0.100. The fourth-order valence-corrected chi connectivity index (χ4v) is 2.66. The van der Waals surface area contributed by atoms with E-state index in [1.165, 1.54) is 11.1 Å². The lowest BCUT2D eigenvalue weighted by atomic mass is 9.98. The lowest BCUT2D eigenvalue weighted by Crippen LogP contribution is -2.13. The molecule has 22 heavy (non-hydrogen) atoms. The molecular weight excluding hydrogens is 290 g/mol. The number of hydrogen-bond acceptors (Lipinski definition) is 1. The van der Waals surface area contributed by atoms with Crippen molar-refractivity contribution in [3.8, 4) is 0 Å². The number of nitrogens with one attached hydrogen (secondary N) is 1. The van der Waals surface area contributed by atoms with E-state index in [9.17, 15) is 0 Å². The Bertz CT molecular complexity index is 651. The van der Waals surface area contributed by atoms with Gasteiger partial charge in [-0.05, 0) is 41.8 Å². The highest BCUT2D eigenvalue weighted by atomic mass is 35.5. The number of anilines is 1. The maximum atomic E-state index is 6.02. The van der Waals surface area contributed by atoms with Gasteiger partial charge in [-0.15, -0.1) is 0 Å². The minimum atomic E-state index is 0.210. The van der Waals surface area contributed by atoms with Crippen LogP contribution >= 0.6 is 11.6 Å². The molecule has 0 fully saturated rings. The van der Waals surface area contributed by atoms with Crippen molar-refractivity contribution in [1.82, 2.24) is 0 Å². The molecule has 0 bridgehead atoms. The molecule has 110 valence electrons. The van der Waals surface area contributed by atoms with Gasteiger partial charge in [0, 0.05) is 10.7 Å². The predicted octanol–water partition coefficient (Wildman–Crippen LogP) is 5.74. The SMILES string of the molecule is Clc1ccc(C(Cc2ccccc2)Nc2ccccc2)cc1. The fourth-order valence-electron chi connectivity index (χ4n) is 2.53. The van der Waals surface area contributed by atoms with E-state index in [2.05, 4.69) is 53.8 Å². The summed E-state index contributed by atoms with van der Waals surface area (Å²) >= 11 is 6.02. The van der Waals surface area contributed by atoms with E-state index in [1.807, 2.05) is 36.4 Å². The molecule has 3 rings (SSSR count). The topological polar surface area (TPSA) is 12.0 Å². The van der Waals surface area contributed by atoms with Gasteiger partial charge < -0.3 is 5.32 Å². The molecule has 0 heterocycles. The van der Waals surface area contributed by atoms with Crippen molar-refractivity contribution < 1.29 is 0 Å².